The summed E-state index contributed by atoms with van der Waals surface area (Å²) in [6, 6.07) is 6.66. The van der Waals surface area contributed by atoms with Crippen LogP contribution in [0, 0.1) is 0 Å². The summed E-state index contributed by atoms with van der Waals surface area (Å²) in [5.41, 5.74) is 2.86. The van der Waals surface area contributed by atoms with Gasteiger partial charge >= 0.3 is 0 Å². The maximum absolute atomic E-state index is 5.49. The van der Waals surface area contributed by atoms with E-state index in [4.69, 9.17) is 4.74 Å². The van der Waals surface area contributed by atoms with Gasteiger partial charge in [-0.1, -0.05) is 32.4 Å². The van der Waals surface area contributed by atoms with Crippen LogP contribution in [0.5, 0.6) is 5.75 Å². The molecule has 0 saturated carbocycles. The summed E-state index contributed by atoms with van der Waals surface area (Å²) in [6.07, 6.45) is 3.62. The fourth-order valence-electron chi connectivity index (χ4n) is 2.11. The molecular weight excluding hydrogens is 172 g/mol. The van der Waals surface area contributed by atoms with Crippen LogP contribution in [-0.2, 0) is 6.42 Å². The van der Waals surface area contributed by atoms with Crippen molar-refractivity contribution in [1.82, 2.24) is 0 Å². The highest BCUT2D eigenvalue weighted by Gasteiger charge is 2.13. The molecule has 1 aliphatic heterocycles. The second-order valence-electron chi connectivity index (χ2n) is 4.16. The van der Waals surface area contributed by atoms with Crippen molar-refractivity contribution in [2.75, 3.05) is 6.61 Å². The van der Waals surface area contributed by atoms with Crippen LogP contribution in [-0.4, -0.2) is 6.61 Å². The Balaban J connectivity index is 2.19. The SMILES string of the molecule is CCCC(C)c1ccc2c(c1)CCO2. The van der Waals surface area contributed by atoms with Crippen molar-refractivity contribution in [3.8, 4) is 5.75 Å². The molecule has 0 aliphatic carbocycles. The summed E-state index contributed by atoms with van der Waals surface area (Å²) in [5, 5.41) is 0. The predicted octanol–water partition coefficient (Wildman–Crippen LogP) is 3.53. The average molecular weight is 190 g/mol. The van der Waals surface area contributed by atoms with E-state index in [-0.39, 0.29) is 0 Å². The summed E-state index contributed by atoms with van der Waals surface area (Å²) in [5.74, 6) is 1.78. The quantitative estimate of drug-likeness (QED) is 0.708. The highest BCUT2D eigenvalue weighted by Crippen LogP contribution is 2.30. The van der Waals surface area contributed by atoms with Crippen LogP contribution < -0.4 is 4.74 Å². The second-order valence-corrected chi connectivity index (χ2v) is 4.16. The summed E-state index contributed by atoms with van der Waals surface area (Å²) in [4.78, 5) is 0. The van der Waals surface area contributed by atoms with Crippen LogP contribution in [0.1, 0.15) is 43.7 Å². The zero-order valence-corrected chi connectivity index (χ0v) is 9.05. The van der Waals surface area contributed by atoms with Crippen molar-refractivity contribution in [3.63, 3.8) is 0 Å². The molecule has 2 rings (SSSR count). The molecule has 0 radical (unpaired) electrons. The number of benzene rings is 1. The van der Waals surface area contributed by atoms with Crippen LogP contribution in [0.15, 0.2) is 18.2 Å². The molecule has 0 amide bonds. The van der Waals surface area contributed by atoms with Gasteiger partial charge in [0.15, 0.2) is 0 Å². The molecule has 1 heterocycles. The van der Waals surface area contributed by atoms with Gasteiger partial charge in [-0.3, -0.25) is 0 Å². The Kier molecular flexibility index (Phi) is 2.76. The van der Waals surface area contributed by atoms with E-state index in [1.165, 1.54) is 24.0 Å². The molecule has 1 atom stereocenters. The van der Waals surface area contributed by atoms with Gasteiger partial charge in [-0.15, -0.1) is 0 Å². The first-order chi connectivity index (χ1) is 6.81. The zero-order chi connectivity index (χ0) is 9.97. The van der Waals surface area contributed by atoms with E-state index in [0.29, 0.717) is 5.92 Å². The Morgan fingerprint density at radius 2 is 2.29 bits per heavy atom. The average Bonchev–Trinajstić information content (AvgIpc) is 2.64. The van der Waals surface area contributed by atoms with Crippen molar-refractivity contribution >= 4 is 0 Å². The Labute approximate surface area is 86.1 Å². The van der Waals surface area contributed by atoms with E-state index in [1.54, 1.807) is 0 Å². The van der Waals surface area contributed by atoms with E-state index >= 15 is 0 Å². The van der Waals surface area contributed by atoms with Crippen LogP contribution in [0.3, 0.4) is 0 Å². The molecule has 0 spiro atoms. The lowest BCUT2D eigenvalue weighted by atomic mass is 9.94. The second kappa shape index (κ2) is 4.04. The molecule has 0 aromatic heterocycles. The Hall–Kier alpha value is -0.980. The molecule has 1 aliphatic rings. The largest absolute Gasteiger partial charge is 0.493 e. The Morgan fingerprint density at radius 3 is 3.07 bits per heavy atom. The minimum atomic E-state index is 0.686. The molecule has 1 unspecified atom stereocenters. The number of hydrogen-bond acceptors (Lipinski definition) is 1. The van der Waals surface area contributed by atoms with Crippen LogP contribution in [0.4, 0.5) is 0 Å². The van der Waals surface area contributed by atoms with Crippen molar-refractivity contribution in [2.45, 2.75) is 39.0 Å². The molecule has 1 heteroatoms. The van der Waals surface area contributed by atoms with Crippen molar-refractivity contribution in [1.29, 1.82) is 0 Å². The molecule has 0 N–H and O–H groups in total. The molecule has 0 fully saturated rings. The summed E-state index contributed by atoms with van der Waals surface area (Å²) < 4.78 is 5.49. The molecule has 1 aromatic carbocycles. The van der Waals surface area contributed by atoms with Gasteiger partial charge < -0.3 is 4.74 Å². The number of ether oxygens (including phenoxy) is 1. The van der Waals surface area contributed by atoms with E-state index in [2.05, 4.69) is 32.0 Å². The summed E-state index contributed by atoms with van der Waals surface area (Å²) >= 11 is 0. The lowest BCUT2D eigenvalue weighted by Gasteiger charge is -2.11. The van der Waals surface area contributed by atoms with Crippen molar-refractivity contribution in [2.24, 2.45) is 0 Å². The first-order valence-electron chi connectivity index (χ1n) is 5.57. The minimum Gasteiger partial charge on any atom is -0.493 e. The third-order valence-electron chi connectivity index (χ3n) is 3.00. The lowest BCUT2D eigenvalue weighted by molar-refractivity contribution is 0.357. The lowest BCUT2D eigenvalue weighted by Crippen LogP contribution is -1.93. The monoisotopic (exact) mass is 190 g/mol. The molecule has 76 valence electrons. The first kappa shape index (κ1) is 9.57. The number of rotatable bonds is 3. The van der Waals surface area contributed by atoms with Crippen LogP contribution in [0.25, 0.3) is 0 Å². The molecule has 0 bridgehead atoms. The molecular formula is C13H18O. The van der Waals surface area contributed by atoms with Crippen molar-refractivity contribution < 1.29 is 4.74 Å². The highest BCUT2D eigenvalue weighted by atomic mass is 16.5. The smallest absolute Gasteiger partial charge is 0.122 e. The third-order valence-corrected chi connectivity index (χ3v) is 3.00. The Bertz CT molecular complexity index is 317. The Morgan fingerprint density at radius 1 is 1.43 bits per heavy atom. The van der Waals surface area contributed by atoms with E-state index < -0.39 is 0 Å². The van der Waals surface area contributed by atoms with E-state index in [9.17, 15) is 0 Å². The van der Waals surface area contributed by atoms with Crippen LogP contribution >= 0.6 is 0 Å². The van der Waals surface area contributed by atoms with Crippen LogP contribution in [0.2, 0.25) is 0 Å². The summed E-state index contributed by atoms with van der Waals surface area (Å²) in [6.45, 7) is 5.41. The topological polar surface area (TPSA) is 9.23 Å². The van der Waals surface area contributed by atoms with Gasteiger partial charge in [-0.05, 0) is 29.5 Å². The standard InChI is InChI=1S/C13H18O/c1-3-4-10(2)11-5-6-13-12(9-11)7-8-14-13/h5-6,9-10H,3-4,7-8H2,1-2H3. The van der Waals surface area contributed by atoms with Gasteiger partial charge in [0.25, 0.3) is 0 Å². The first-order valence-corrected chi connectivity index (χ1v) is 5.57. The number of hydrogen-bond donors (Lipinski definition) is 0. The fraction of sp³-hybridized carbons (Fsp3) is 0.538. The van der Waals surface area contributed by atoms with Crippen molar-refractivity contribution in [3.05, 3.63) is 29.3 Å². The maximum atomic E-state index is 5.49. The number of fused-ring (bicyclic) bond motifs is 1. The molecule has 1 nitrogen and oxygen atoms in total. The van der Waals surface area contributed by atoms with Gasteiger partial charge in [-0.2, -0.15) is 0 Å². The zero-order valence-electron chi connectivity index (χ0n) is 9.05. The normalized spacial score (nSPS) is 16.1. The molecule has 14 heavy (non-hydrogen) atoms. The van der Waals surface area contributed by atoms with Gasteiger partial charge in [-0.25, -0.2) is 0 Å². The minimum absolute atomic E-state index is 0.686. The summed E-state index contributed by atoms with van der Waals surface area (Å²) in [7, 11) is 0. The van der Waals surface area contributed by atoms with Gasteiger partial charge in [0.05, 0.1) is 6.61 Å². The van der Waals surface area contributed by atoms with Gasteiger partial charge in [0.2, 0.25) is 0 Å². The highest BCUT2D eigenvalue weighted by molar-refractivity contribution is 5.40. The third kappa shape index (κ3) is 1.77. The van der Waals surface area contributed by atoms with Gasteiger partial charge in [0, 0.05) is 6.42 Å². The molecule has 0 saturated heterocycles. The maximum Gasteiger partial charge on any atom is 0.122 e. The predicted molar refractivity (Wildman–Crippen MR) is 59.0 cm³/mol. The fourth-order valence-corrected chi connectivity index (χ4v) is 2.11. The van der Waals surface area contributed by atoms with E-state index in [0.717, 1.165) is 18.8 Å². The molecule has 1 aromatic rings. The van der Waals surface area contributed by atoms with Gasteiger partial charge in [0.1, 0.15) is 5.75 Å². The van der Waals surface area contributed by atoms with E-state index in [1.807, 2.05) is 0 Å².